The Labute approximate surface area is 412 Å². The van der Waals surface area contributed by atoms with Gasteiger partial charge in [0.1, 0.15) is 30.8 Å². The lowest BCUT2D eigenvalue weighted by molar-refractivity contribution is -0.137. The summed E-state index contributed by atoms with van der Waals surface area (Å²) in [5, 5.41) is 95.8. The average Bonchev–Trinajstić information content (AvgIpc) is 3.35. The van der Waals surface area contributed by atoms with Crippen molar-refractivity contribution in [3.63, 3.8) is 0 Å². The lowest BCUT2D eigenvalue weighted by Gasteiger charge is -2.09. The van der Waals surface area contributed by atoms with E-state index in [2.05, 4.69) is 107 Å². The second-order valence-corrected chi connectivity index (χ2v) is 15.5. The molecule has 0 aliphatic carbocycles. The fourth-order valence-corrected chi connectivity index (χ4v) is 6.07. The third-order valence-electron chi connectivity index (χ3n) is 9.09. The van der Waals surface area contributed by atoms with E-state index >= 15 is 0 Å². The minimum Gasteiger partial charge on any atom is -0.481 e. The highest BCUT2D eigenvalue weighted by Crippen LogP contribution is 2.17. The van der Waals surface area contributed by atoms with Crippen LogP contribution in [0, 0.1) is 0 Å². The van der Waals surface area contributed by atoms with E-state index in [1.165, 1.54) is 13.8 Å². The number of carboxylic acids is 3. The van der Waals surface area contributed by atoms with Gasteiger partial charge in [-0.1, -0.05) is 18.2 Å². The summed E-state index contributed by atoms with van der Waals surface area (Å²) in [6.45, 7) is 2.82. The second-order valence-electron chi connectivity index (χ2n) is 15.5. The molecule has 0 saturated heterocycles. The summed E-state index contributed by atoms with van der Waals surface area (Å²) >= 11 is 0. The summed E-state index contributed by atoms with van der Waals surface area (Å²) in [5.74, 6) is -1.38. The Bertz CT molecular complexity index is 2800. The number of hydrogen-bond donors (Lipinski definition) is 3. The molecule has 1 aromatic carbocycles. The third kappa shape index (κ3) is 19.2. The predicted octanol–water partition coefficient (Wildman–Crippen LogP) is -0.547. The van der Waals surface area contributed by atoms with E-state index in [4.69, 9.17) is 15.3 Å². The van der Waals surface area contributed by atoms with E-state index in [0.29, 0.717) is 12.2 Å². The van der Waals surface area contributed by atoms with E-state index in [1.807, 2.05) is 42.5 Å². The molecule has 0 bridgehead atoms. The van der Waals surface area contributed by atoms with Crippen molar-refractivity contribution in [2.45, 2.75) is 78.1 Å². The van der Waals surface area contributed by atoms with Crippen LogP contribution in [-0.2, 0) is 88.2 Å². The number of carbonyl (C=O) groups excluding carboxylic acids is 2. The van der Waals surface area contributed by atoms with Crippen LogP contribution in [0.3, 0.4) is 0 Å². The minimum atomic E-state index is -1.09. The van der Waals surface area contributed by atoms with Gasteiger partial charge in [0.05, 0.1) is 24.7 Å². The molecule has 370 valence electrons. The number of hydrogen-bond acceptors (Lipinski definition) is 26. The molecule has 29 heteroatoms. The molecule has 0 radical (unpaired) electrons. The molecule has 8 aromatic rings. The Morgan fingerprint density at radius 2 is 0.616 bits per heavy atom. The van der Waals surface area contributed by atoms with Gasteiger partial charge < -0.3 is 15.3 Å². The molecule has 0 aliphatic heterocycles. The molecule has 73 heavy (non-hydrogen) atoms. The molecular formula is C44H41N21O8. The molecule has 7 heterocycles. The number of aliphatic carboxylic acids is 3. The summed E-state index contributed by atoms with van der Waals surface area (Å²) in [7, 11) is 0. The van der Waals surface area contributed by atoms with Crippen molar-refractivity contribution in [3.8, 4) is 0 Å². The van der Waals surface area contributed by atoms with E-state index in [0.717, 1.165) is 45.8 Å². The number of pyridine rings is 2. The van der Waals surface area contributed by atoms with Crippen LogP contribution in [0.1, 0.15) is 99.8 Å². The van der Waals surface area contributed by atoms with Crippen LogP contribution in [0.2, 0.25) is 0 Å². The number of rotatable bonds is 20. The molecule has 0 saturated carbocycles. The smallest absolute Gasteiger partial charge is 0.311 e. The Morgan fingerprint density at radius 3 is 0.904 bits per heavy atom. The van der Waals surface area contributed by atoms with Crippen LogP contribution in [0.25, 0.3) is 0 Å². The fraction of sp³-hybridized carbons (Fsp3) is 0.273. The molecular weight excluding hydrogens is 951 g/mol. The van der Waals surface area contributed by atoms with Crippen molar-refractivity contribution < 1.29 is 39.3 Å². The highest BCUT2D eigenvalue weighted by atomic mass is 16.4. The third-order valence-corrected chi connectivity index (χ3v) is 9.09. The number of benzene rings is 1. The molecule has 29 nitrogen and oxygen atoms in total. The first-order valence-corrected chi connectivity index (χ1v) is 21.6. The zero-order valence-electron chi connectivity index (χ0n) is 38.8. The quantitative estimate of drug-likeness (QED) is 0.0862. The van der Waals surface area contributed by atoms with Crippen molar-refractivity contribution in [2.24, 2.45) is 0 Å². The van der Waals surface area contributed by atoms with Crippen LogP contribution < -0.4 is 0 Å². The summed E-state index contributed by atoms with van der Waals surface area (Å²) in [6.07, 6.45) is 9.99. The van der Waals surface area contributed by atoms with Crippen LogP contribution in [0.4, 0.5) is 0 Å². The van der Waals surface area contributed by atoms with Crippen LogP contribution in [-0.4, -0.2) is 152 Å². The van der Waals surface area contributed by atoms with Crippen molar-refractivity contribution in [3.05, 3.63) is 159 Å². The number of ketones is 2. The SMILES string of the molecule is CC(=O)Cc1nnc(CC(=O)O)nn1.CC(=O)Cc1nnc(Cc2cc(Cc3nnc(CC(=O)O)nn3)cc(Cc3nnc(CC(=O)O)nn3)c2)nn1.c1cc(Cc2cnc(Cc3ccncc3)nn2)ccn1. The van der Waals surface area contributed by atoms with Gasteiger partial charge in [0.2, 0.25) is 0 Å². The van der Waals surface area contributed by atoms with Crippen LogP contribution >= 0.6 is 0 Å². The zero-order valence-corrected chi connectivity index (χ0v) is 38.8. The highest BCUT2D eigenvalue weighted by Gasteiger charge is 2.14. The maximum Gasteiger partial charge on any atom is 0.311 e. The average molecular weight is 992 g/mol. The Kier molecular flexibility index (Phi) is 19.2. The molecule has 0 amide bonds. The van der Waals surface area contributed by atoms with Crippen molar-refractivity contribution in [1.29, 1.82) is 0 Å². The van der Waals surface area contributed by atoms with Gasteiger partial charge in [-0.05, 0) is 65.9 Å². The first kappa shape index (κ1) is 52.4. The van der Waals surface area contributed by atoms with Gasteiger partial charge in [0.15, 0.2) is 52.4 Å². The standard InChI is InChI=1S/C22H20N12O5.C15H13N5.C7H8N4O3/c1-11(35)2-15-23-25-16(26-24-15)6-12-3-13(7-17-27-31-19(32-28-17)9-21(36)37)5-14(4-12)8-18-29-33-20(34-30-18)10-22(38)39;1-5-16-6-2-12(1)9-14-11-18-15(20-19-14)10-13-3-7-17-8-4-13;1-4(12)2-5-8-10-6(11-9-5)3-7(13)14/h3-5H,2,6-10H2,1H3,(H,36,37)(H,38,39);1-8,11H,9-10H2;2-3H2,1H3,(H,13,14). The van der Waals surface area contributed by atoms with Crippen molar-refractivity contribution in [2.75, 3.05) is 0 Å². The lowest BCUT2D eigenvalue weighted by Crippen LogP contribution is -2.11. The highest BCUT2D eigenvalue weighted by molar-refractivity contribution is 5.77. The van der Waals surface area contributed by atoms with Gasteiger partial charge in [-0.2, -0.15) is 5.10 Å². The molecule has 3 N–H and O–H groups in total. The summed E-state index contributed by atoms with van der Waals surface area (Å²) in [4.78, 5) is 66.2. The molecule has 0 spiro atoms. The number of carbonyl (C=O) groups is 5. The van der Waals surface area contributed by atoms with Gasteiger partial charge in [0.25, 0.3) is 0 Å². The zero-order chi connectivity index (χ0) is 52.0. The van der Waals surface area contributed by atoms with E-state index in [9.17, 15) is 24.0 Å². The number of Topliss-reactive ketones (excluding diaryl/α,β-unsaturated/α-hetero) is 2. The summed E-state index contributed by atoms with van der Waals surface area (Å²) in [5.41, 5.74) is 5.47. The normalized spacial score (nSPS) is 10.5. The fourth-order valence-electron chi connectivity index (χ4n) is 6.07. The molecule has 8 rings (SSSR count). The number of carboxylic acid groups (broad SMARTS) is 3. The van der Waals surface area contributed by atoms with Crippen molar-refractivity contribution in [1.82, 2.24) is 107 Å². The molecule has 0 fully saturated rings. The monoisotopic (exact) mass is 991 g/mol. The van der Waals surface area contributed by atoms with Crippen LogP contribution in [0.5, 0.6) is 0 Å². The molecule has 0 atom stereocenters. The summed E-state index contributed by atoms with van der Waals surface area (Å²) in [6, 6.07) is 13.4. The topological polar surface area (TPSA) is 417 Å². The van der Waals surface area contributed by atoms with Gasteiger partial charge in [0, 0.05) is 56.9 Å². The maximum absolute atomic E-state index is 11.3. The summed E-state index contributed by atoms with van der Waals surface area (Å²) < 4.78 is 0. The second kappa shape index (κ2) is 26.7. The molecule has 0 aliphatic rings. The van der Waals surface area contributed by atoms with E-state index in [-0.39, 0.29) is 104 Å². The van der Waals surface area contributed by atoms with E-state index in [1.54, 1.807) is 31.0 Å². The first-order valence-electron chi connectivity index (χ1n) is 21.6. The van der Waals surface area contributed by atoms with Crippen molar-refractivity contribution >= 4 is 29.5 Å². The van der Waals surface area contributed by atoms with Gasteiger partial charge in [-0.15, -0.1) is 86.7 Å². The Balaban J connectivity index is 0.000000210. The van der Waals surface area contributed by atoms with Gasteiger partial charge in [-0.3, -0.25) is 33.9 Å². The van der Waals surface area contributed by atoms with Crippen LogP contribution in [0.15, 0.2) is 73.4 Å². The molecule has 7 aromatic heterocycles. The predicted molar refractivity (Wildman–Crippen MR) is 242 cm³/mol. The largest absolute Gasteiger partial charge is 0.481 e. The lowest BCUT2D eigenvalue weighted by atomic mass is 9.99. The number of nitrogens with zero attached hydrogens (tertiary/aromatic N) is 21. The minimum absolute atomic E-state index is 0.00504. The van der Waals surface area contributed by atoms with Gasteiger partial charge in [-0.25, -0.2) is 4.98 Å². The Hall–Kier alpha value is -9.96. The first-order chi connectivity index (χ1) is 35.2. The van der Waals surface area contributed by atoms with Gasteiger partial charge >= 0.3 is 17.9 Å². The maximum atomic E-state index is 11.3. The molecule has 0 unspecified atom stereocenters. The Morgan fingerprint density at radius 1 is 0.342 bits per heavy atom. The van der Waals surface area contributed by atoms with E-state index < -0.39 is 17.9 Å². The number of aromatic nitrogens is 21.